The number of hydrogen-bond acceptors (Lipinski definition) is 3. The number of hydrogen-bond donors (Lipinski definition) is 0. The predicted octanol–water partition coefficient (Wildman–Crippen LogP) is 3.14. The number of carbonyl (C=O) groups excluding carboxylic acids is 1. The van der Waals surface area contributed by atoms with E-state index in [2.05, 4.69) is 29.2 Å². The second-order valence-electron chi connectivity index (χ2n) is 6.04. The third-order valence-corrected chi connectivity index (χ3v) is 4.61. The molecule has 2 atom stereocenters. The molecule has 1 amide bonds. The number of benzene rings is 1. The van der Waals surface area contributed by atoms with Gasteiger partial charge in [-0.15, -0.1) is 0 Å². The molecule has 0 saturated heterocycles. The average Bonchev–Trinajstić information content (AvgIpc) is 3.15. The largest absolute Gasteiger partial charge is 0.339 e. The SMILES string of the molecule is C[C@H](c1ccc(-n2cncn2)cc1)N(C)C(=O)[C@@H]1CC=CCC1. The number of carbonyl (C=O) groups is 1. The predicted molar refractivity (Wildman–Crippen MR) is 89.0 cm³/mol. The second kappa shape index (κ2) is 6.77. The van der Waals surface area contributed by atoms with Crippen LogP contribution >= 0.6 is 0 Å². The molecule has 0 bridgehead atoms. The van der Waals surface area contributed by atoms with Gasteiger partial charge in [-0.2, -0.15) is 5.10 Å². The fourth-order valence-electron chi connectivity index (χ4n) is 2.97. The van der Waals surface area contributed by atoms with Gasteiger partial charge in [0.15, 0.2) is 0 Å². The Morgan fingerprint density at radius 1 is 1.30 bits per heavy atom. The van der Waals surface area contributed by atoms with Crippen LogP contribution in [0.3, 0.4) is 0 Å². The molecule has 0 N–H and O–H groups in total. The summed E-state index contributed by atoms with van der Waals surface area (Å²) in [6.45, 7) is 2.07. The first-order valence-electron chi connectivity index (χ1n) is 8.03. The Morgan fingerprint density at radius 3 is 2.70 bits per heavy atom. The summed E-state index contributed by atoms with van der Waals surface area (Å²) < 4.78 is 1.72. The Morgan fingerprint density at radius 2 is 2.09 bits per heavy atom. The summed E-state index contributed by atoms with van der Waals surface area (Å²) in [5.41, 5.74) is 2.08. The van der Waals surface area contributed by atoms with E-state index in [0.717, 1.165) is 30.5 Å². The maximum absolute atomic E-state index is 12.6. The van der Waals surface area contributed by atoms with E-state index in [1.807, 2.05) is 36.2 Å². The lowest BCUT2D eigenvalue weighted by molar-refractivity contribution is -0.136. The molecular formula is C18H22N4O. The van der Waals surface area contributed by atoms with Crippen molar-refractivity contribution in [1.29, 1.82) is 0 Å². The first kappa shape index (κ1) is 15.5. The van der Waals surface area contributed by atoms with Crippen molar-refractivity contribution in [2.45, 2.75) is 32.2 Å². The summed E-state index contributed by atoms with van der Waals surface area (Å²) in [5, 5.41) is 4.12. The van der Waals surface area contributed by atoms with Crippen molar-refractivity contribution in [1.82, 2.24) is 19.7 Å². The summed E-state index contributed by atoms with van der Waals surface area (Å²) >= 11 is 0. The zero-order valence-electron chi connectivity index (χ0n) is 13.6. The first-order chi connectivity index (χ1) is 11.2. The molecular weight excluding hydrogens is 288 g/mol. The van der Waals surface area contributed by atoms with Gasteiger partial charge in [-0.05, 0) is 43.9 Å². The van der Waals surface area contributed by atoms with Crippen molar-refractivity contribution in [3.8, 4) is 5.69 Å². The Hall–Kier alpha value is -2.43. The number of aromatic nitrogens is 3. The number of nitrogens with zero attached hydrogens (tertiary/aromatic N) is 4. The smallest absolute Gasteiger partial charge is 0.226 e. The van der Waals surface area contributed by atoms with E-state index in [1.54, 1.807) is 11.0 Å². The van der Waals surface area contributed by atoms with E-state index < -0.39 is 0 Å². The highest BCUT2D eigenvalue weighted by Crippen LogP contribution is 2.26. The van der Waals surface area contributed by atoms with Crippen LogP contribution in [0.1, 0.15) is 37.8 Å². The number of amides is 1. The van der Waals surface area contributed by atoms with Gasteiger partial charge in [0, 0.05) is 13.0 Å². The molecule has 0 spiro atoms. The zero-order valence-corrected chi connectivity index (χ0v) is 13.6. The van der Waals surface area contributed by atoms with Crippen molar-refractivity contribution in [3.05, 3.63) is 54.6 Å². The lowest BCUT2D eigenvalue weighted by Crippen LogP contribution is -2.35. The Kier molecular flexibility index (Phi) is 4.55. The Labute approximate surface area is 136 Å². The number of rotatable bonds is 4. The van der Waals surface area contributed by atoms with Gasteiger partial charge in [0.05, 0.1) is 11.7 Å². The summed E-state index contributed by atoms with van der Waals surface area (Å²) in [5.74, 6) is 0.365. The van der Waals surface area contributed by atoms with E-state index in [4.69, 9.17) is 0 Å². The van der Waals surface area contributed by atoms with Crippen LogP contribution in [0.4, 0.5) is 0 Å². The van der Waals surface area contributed by atoms with Crippen molar-refractivity contribution < 1.29 is 4.79 Å². The van der Waals surface area contributed by atoms with Gasteiger partial charge in [-0.25, -0.2) is 9.67 Å². The van der Waals surface area contributed by atoms with E-state index in [-0.39, 0.29) is 17.9 Å². The van der Waals surface area contributed by atoms with Gasteiger partial charge in [0.1, 0.15) is 12.7 Å². The molecule has 1 heterocycles. The topological polar surface area (TPSA) is 51.0 Å². The van der Waals surface area contributed by atoms with E-state index in [1.165, 1.54) is 6.33 Å². The molecule has 1 aromatic carbocycles. The molecule has 2 aromatic rings. The molecule has 0 saturated carbocycles. The highest BCUT2D eigenvalue weighted by Gasteiger charge is 2.25. The zero-order chi connectivity index (χ0) is 16.2. The monoisotopic (exact) mass is 310 g/mol. The van der Waals surface area contributed by atoms with Gasteiger partial charge in [0.2, 0.25) is 5.91 Å². The number of allylic oxidation sites excluding steroid dienone is 2. The molecule has 0 aliphatic heterocycles. The Balaban J connectivity index is 1.70. The van der Waals surface area contributed by atoms with Crippen LogP contribution in [0.2, 0.25) is 0 Å². The molecule has 0 radical (unpaired) electrons. The van der Waals surface area contributed by atoms with Crippen LogP contribution < -0.4 is 0 Å². The van der Waals surface area contributed by atoms with Crippen LogP contribution in [-0.2, 0) is 4.79 Å². The standard InChI is InChI=1S/C18H22N4O/c1-14(21(2)18(23)16-6-4-3-5-7-16)15-8-10-17(11-9-15)22-13-19-12-20-22/h3-4,8-14,16H,5-7H2,1-2H3/t14-,16-/m1/s1. The first-order valence-corrected chi connectivity index (χ1v) is 8.03. The lowest BCUT2D eigenvalue weighted by atomic mass is 9.92. The van der Waals surface area contributed by atoms with Crippen molar-refractivity contribution in [3.63, 3.8) is 0 Å². The molecule has 120 valence electrons. The quantitative estimate of drug-likeness (QED) is 0.815. The third kappa shape index (κ3) is 3.33. The fraction of sp³-hybridized carbons (Fsp3) is 0.389. The van der Waals surface area contributed by atoms with Gasteiger partial charge in [-0.1, -0.05) is 24.3 Å². The second-order valence-corrected chi connectivity index (χ2v) is 6.04. The molecule has 1 aromatic heterocycles. The lowest BCUT2D eigenvalue weighted by Gasteiger charge is -2.30. The molecule has 5 nitrogen and oxygen atoms in total. The van der Waals surface area contributed by atoms with Crippen LogP contribution in [0.15, 0.2) is 49.1 Å². The molecule has 1 aliphatic carbocycles. The van der Waals surface area contributed by atoms with E-state index in [0.29, 0.717) is 0 Å². The molecule has 5 heteroatoms. The maximum Gasteiger partial charge on any atom is 0.226 e. The summed E-state index contributed by atoms with van der Waals surface area (Å²) in [6.07, 6.45) is 10.3. The van der Waals surface area contributed by atoms with Crippen LogP contribution in [0, 0.1) is 5.92 Å². The van der Waals surface area contributed by atoms with Crippen molar-refractivity contribution in [2.24, 2.45) is 5.92 Å². The van der Waals surface area contributed by atoms with Crippen LogP contribution in [0.25, 0.3) is 5.69 Å². The summed E-state index contributed by atoms with van der Waals surface area (Å²) in [6, 6.07) is 8.15. The molecule has 23 heavy (non-hydrogen) atoms. The minimum absolute atomic E-state index is 0.0539. The molecule has 1 aliphatic rings. The fourth-order valence-corrected chi connectivity index (χ4v) is 2.97. The van der Waals surface area contributed by atoms with Crippen molar-refractivity contribution >= 4 is 5.91 Å². The molecule has 0 unspecified atom stereocenters. The normalized spacial score (nSPS) is 18.6. The summed E-state index contributed by atoms with van der Waals surface area (Å²) in [7, 11) is 1.90. The van der Waals surface area contributed by atoms with Crippen molar-refractivity contribution in [2.75, 3.05) is 7.05 Å². The minimum atomic E-state index is 0.0539. The van der Waals surface area contributed by atoms with E-state index >= 15 is 0 Å². The van der Waals surface area contributed by atoms with Gasteiger partial charge in [-0.3, -0.25) is 4.79 Å². The third-order valence-electron chi connectivity index (χ3n) is 4.61. The average molecular weight is 310 g/mol. The highest BCUT2D eigenvalue weighted by molar-refractivity contribution is 5.79. The maximum atomic E-state index is 12.6. The molecule has 0 fully saturated rings. The van der Waals surface area contributed by atoms with Gasteiger partial charge >= 0.3 is 0 Å². The van der Waals surface area contributed by atoms with E-state index in [9.17, 15) is 4.79 Å². The van der Waals surface area contributed by atoms with Gasteiger partial charge in [0.25, 0.3) is 0 Å². The highest BCUT2D eigenvalue weighted by atomic mass is 16.2. The Bertz CT molecular complexity index is 676. The summed E-state index contributed by atoms with van der Waals surface area (Å²) in [4.78, 5) is 18.5. The van der Waals surface area contributed by atoms with Crippen LogP contribution in [0.5, 0.6) is 0 Å². The minimum Gasteiger partial charge on any atom is -0.339 e. The molecule has 3 rings (SSSR count). The van der Waals surface area contributed by atoms with Crippen LogP contribution in [-0.4, -0.2) is 32.6 Å². The van der Waals surface area contributed by atoms with Gasteiger partial charge < -0.3 is 4.90 Å².